The molecular weight excluding hydrogens is 320 g/mol. The molecule has 2 aromatic rings. The number of benzene rings is 2. The summed E-state index contributed by atoms with van der Waals surface area (Å²) in [6, 6.07) is 9.01. The molecule has 1 aliphatic heterocycles. The lowest BCUT2D eigenvalue weighted by Gasteiger charge is -2.16. The van der Waals surface area contributed by atoms with E-state index in [1.54, 1.807) is 18.2 Å². The molecule has 1 aliphatic rings. The molecule has 0 spiro atoms. The van der Waals surface area contributed by atoms with Crippen LogP contribution in [-0.2, 0) is 4.74 Å². The van der Waals surface area contributed by atoms with E-state index >= 15 is 0 Å². The van der Waals surface area contributed by atoms with Gasteiger partial charge in [0.2, 0.25) is 0 Å². The Labute approximate surface area is 124 Å². The van der Waals surface area contributed by atoms with Gasteiger partial charge in [0, 0.05) is 10.7 Å². The third kappa shape index (κ3) is 2.06. The lowest BCUT2D eigenvalue weighted by Crippen LogP contribution is -2.19. The summed E-state index contributed by atoms with van der Waals surface area (Å²) in [6.07, 6.45) is 4.99. The van der Waals surface area contributed by atoms with Crippen LogP contribution in [0.5, 0.6) is 0 Å². The molecular formula is C16H11BrO3. The number of rotatable bonds is 3. The standard InChI is InChI=1S/C16H11BrO3/c17-9-2-1-4-10-7-8-13-14-11(10)5-3-6-12(14)15(18)20-16(13)19/h1,3-8H,2,9H2. The minimum atomic E-state index is -0.574. The molecule has 4 heteroatoms. The number of carbonyl (C=O) groups excluding carboxylic acids is 2. The fraction of sp³-hybridized carbons (Fsp3) is 0.125. The van der Waals surface area contributed by atoms with Crippen molar-refractivity contribution in [3.63, 3.8) is 0 Å². The van der Waals surface area contributed by atoms with Gasteiger partial charge in [-0.2, -0.15) is 0 Å². The number of hydrogen-bond donors (Lipinski definition) is 0. The summed E-state index contributed by atoms with van der Waals surface area (Å²) >= 11 is 3.37. The predicted molar refractivity (Wildman–Crippen MR) is 81.1 cm³/mol. The van der Waals surface area contributed by atoms with Crippen LogP contribution in [0.1, 0.15) is 32.7 Å². The van der Waals surface area contributed by atoms with E-state index in [1.165, 1.54) is 0 Å². The van der Waals surface area contributed by atoms with Gasteiger partial charge in [-0.15, -0.1) is 0 Å². The molecule has 0 saturated carbocycles. The second-order valence-electron chi connectivity index (χ2n) is 4.49. The Morgan fingerprint density at radius 1 is 1.05 bits per heavy atom. The zero-order valence-corrected chi connectivity index (χ0v) is 12.1. The van der Waals surface area contributed by atoms with E-state index < -0.39 is 11.9 Å². The number of cyclic esters (lactones) is 2. The average molecular weight is 331 g/mol. The fourth-order valence-electron chi connectivity index (χ4n) is 2.38. The minimum absolute atomic E-state index is 0.452. The van der Waals surface area contributed by atoms with Crippen molar-refractivity contribution in [3.8, 4) is 0 Å². The molecule has 0 saturated heterocycles. The largest absolute Gasteiger partial charge is 0.386 e. The van der Waals surface area contributed by atoms with Crippen molar-refractivity contribution < 1.29 is 14.3 Å². The smallest absolute Gasteiger partial charge is 0.346 e. The topological polar surface area (TPSA) is 43.4 Å². The van der Waals surface area contributed by atoms with Crippen LogP contribution in [0.25, 0.3) is 16.8 Å². The van der Waals surface area contributed by atoms with Crippen molar-refractivity contribution in [2.45, 2.75) is 6.42 Å². The van der Waals surface area contributed by atoms with Crippen LogP contribution in [0.3, 0.4) is 0 Å². The summed E-state index contributed by atoms with van der Waals surface area (Å²) in [6.45, 7) is 0. The molecule has 0 unspecified atom stereocenters. The van der Waals surface area contributed by atoms with E-state index in [0.717, 1.165) is 22.7 Å². The van der Waals surface area contributed by atoms with Gasteiger partial charge in [0.15, 0.2) is 0 Å². The molecule has 100 valence electrons. The highest BCUT2D eigenvalue weighted by Crippen LogP contribution is 2.31. The normalized spacial score (nSPS) is 14.1. The number of ether oxygens (including phenoxy) is 1. The molecule has 0 N–H and O–H groups in total. The van der Waals surface area contributed by atoms with Crippen LogP contribution in [0.2, 0.25) is 0 Å². The Balaban J connectivity index is 2.26. The van der Waals surface area contributed by atoms with Crippen molar-refractivity contribution in [1.82, 2.24) is 0 Å². The van der Waals surface area contributed by atoms with Crippen LogP contribution in [-0.4, -0.2) is 17.3 Å². The van der Waals surface area contributed by atoms with E-state index in [4.69, 9.17) is 4.74 Å². The van der Waals surface area contributed by atoms with E-state index in [2.05, 4.69) is 22.0 Å². The van der Waals surface area contributed by atoms with Crippen LogP contribution in [0.4, 0.5) is 0 Å². The first-order valence-corrected chi connectivity index (χ1v) is 7.39. The molecule has 0 fully saturated rings. The predicted octanol–water partition coefficient (Wildman–Crippen LogP) is 3.95. The van der Waals surface area contributed by atoms with Gasteiger partial charge in [-0.3, -0.25) is 0 Å². The summed E-state index contributed by atoms with van der Waals surface area (Å²) in [5.74, 6) is -1.15. The van der Waals surface area contributed by atoms with Crippen molar-refractivity contribution >= 4 is 44.7 Å². The van der Waals surface area contributed by atoms with Gasteiger partial charge in [0.05, 0.1) is 11.1 Å². The maximum absolute atomic E-state index is 11.8. The molecule has 0 aromatic heterocycles. The monoisotopic (exact) mass is 330 g/mol. The highest BCUT2D eigenvalue weighted by atomic mass is 79.9. The number of carbonyl (C=O) groups is 2. The van der Waals surface area contributed by atoms with Gasteiger partial charge in [0.25, 0.3) is 0 Å². The Bertz CT molecular complexity index is 726. The summed E-state index contributed by atoms with van der Waals surface area (Å²) in [5.41, 5.74) is 1.90. The zero-order chi connectivity index (χ0) is 14.1. The van der Waals surface area contributed by atoms with Crippen molar-refractivity contribution in [2.24, 2.45) is 0 Å². The number of halogens is 1. The van der Waals surface area contributed by atoms with Crippen molar-refractivity contribution in [1.29, 1.82) is 0 Å². The fourth-order valence-corrected chi connectivity index (χ4v) is 2.65. The van der Waals surface area contributed by atoms with Crippen molar-refractivity contribution in [3.05, 3.63) is 53.1 Å². The van der Waals surface area contributed by atoms with Crippen LogP contribution in [0.15, 0.2) is 36.4 Å². The lowest BCUT2D eigenvalue weighted by atomic mass is 9.93. The molecule has 0 aliphatic carbocycles. The van der Waals surface area contributed by atoms with E-state index in [1.807, 2.05) is 18.2 Å². The van der Waals surface area contributed by atoms with Crippen LogP contribution in [0, 0.1) is 0 Å². The van der Waals surface area contributed by atoms with Crippen LogP contribution >= 0.6 is 15.9 Å². The zero-order valence-electron chi connectivity index (χ0n) is 10.6. The Morgan fingerprint density at radius 2 is 1.80 bits per heavy atom. The van der Waals surface area contributed by atoms with Gasteiger partial charge in [0.1, 0.15) is 0 Å². The van der Waals surface area contributed by atoms with Gasteiger partial charge >= 0.3 is 11.9 Å². The molecule has 0 radical (unpaired) electrons. The van der Waals surface area contributed by atoms with E-state index in [-0.39, 0.29) is 0 Å². The second kappa shape index (κ2) is 5.21. The molecule has 20 heavy (non-hydrogen) atoms. The van der Waals surface area contributed by atoms with Crippen LogP contribution < -0.4 is 0 Å². The number of alkyl halides is 1. The first-order chi connectivity index (χ1) is 9.72. The molecule has 3 nitrogen and oxygen atoms in total. The Morgan fingerprint density at radius 3 is 2.55 bits per heavy atom. The maximum Gasteiger partial charge on any atom is 0.346 e. The SMILES string of the molecule is O=C1OC(=O)c2ccc(C=CCCBr)c3cccc1c23. The number of allylic oxidation sites excluding steroid dienone is 1. The number of esters is 2. The molecule has 1 heterocycles. The van der Waals surface area contributed by atoms with E-state index in [0.29, 0.717) is 16.5 Å². The Hall–Kier alpha value is -1.94. The minimum Gasteiger partial charge on any atom is -0.386 e. The first-order valence-electron chi connectivity index (χ1n) is 6.27. The van der Waals surface area contributed by atoms with E-state index in [9.17, 15) is 9.59 Å². The maximum atomic E-state index is 11.8. The highest BCUT2D eigenvalue weighted by Gasteiger charge is 2.27. The molecule has 0 amide bonds. The second-order valence-corrected chi connectivity index (χ2v) is 5.28. The van der Waals surface area contributed by atoms with Gasteiger partial charge < -0.3 is 4.74 Å². The third-order valence-corrected chi connectivity index (χ3v) is 3.73. The highest BCUT2D eigenvalue weighted by molar-refractivity contribution is 9.09. The average Bonchev–Trinajstić information content (AvgIpc) is 2.45. The summed E-state index contributed by atoms with van der Waals surface area (Å²) in [4.78, 5) is 23.6. The summed E-state index contributed by atoms with van der Waals surface area (Å²) in [5, 5.41) is 2.49. The quantitative estimate of drug-likeness (QED) is 0.486. The number of hydrogen-bond acceptors (Lipinski definition) is 3. The molecule has 0 bridgehead atoms. The Kier molecular flexibility index (Phi) is 3.40. The van der Waals surface area contributed by atoms with Crippen molar-refractivity contribution in [2.75, 3.05) is 5.33 Å². The van der Waals surface area contributed by atoms with Gasteiger partial charge in [-0.25, -0.2) is 9.59 Å². The first kappa shape index (κ1) is 13.1. The summed E-state index contributed by atoms with van der Waals surface area (Å²) < 4.78 is 4.74. The van der Waals surface area contributed by atoms with Gasteiger partial charge in [-0.05, 0) is 29.5 Å². The molecule has 3 rings (SSSR count). The molecule has 2 aromatic carbocycles. The third-order valence-electron chi connectivity index (χ3n) is 3.27. The molecule has 0 atom stereocenters. The lowest BCUT2D eigenvalue weighted by molar-refractivity contribution is 0.0391. The van der Waals surface area contributed by atoms with Gasteiger partial charge in [-0.1, -0.05) is 46.3 Å². The summed E-state index contributed by atoms with van der Waals surface area (Å²) in [7, 11) is 0.